The highest BCUT2D eigenvalue weighted by atomic mass is 19.3. The predicted molar refractivity (Wildman–Crippen MR) is 59.3 cm³/mol. The number of benzene rings is 1. The second-order valence-corrected chi connectivity index (χ2v) is 3.53. The van der Waals surface area contributed by atoms with Crippen LogP contribution in [0.15, 0.2) is 24.3 Å². The highest BCUT2D eigenvalue weighted by molar-refractivity contribution is 5.29. The minimum atomic E-state index is -2.49. The van der Waals surface area contributed by atoms with Gasteiger partial charge in [-0.1, -0.05) is 18.2 Å². The summed E-state index contributed by atoms with van der Waals surface area (Å²) in [5.41, 5.74) is 11.5. The van der Waals surface area contributed by atoms with Crippen molar-refractivity contribution in [1.82, 2.24) is 14.8 Å². The summed E-state index contributed by atoms with van der Waals surface area (Å²) < 4.78 is 26.3. The van der Waals surface area contributed by atoms with Gasteiger partial charge in [0.2, 0.25) is 11.9 Å². The summed E-state index contributed by atoms with van der Waals surface area (Å²) in [7, 11) is 0. The van der Waals surface area contributed by atoms with Crippen molar-refractivity contribution in [3.63, 3.8) is 0 Å². The molecule has 17 heavy (non-hydrogen) atoms. The third-order valence-corrected chi connectivity index (χ3v) is 2.25. The van der Waals surface area contributed by atoms with E-state index in [1.54, 1.807) is 12.1 Å². The molecule has 0 spiro atoms. The molecule has 1 aromatic carbocycles. The topological polar surface area (TPSA) is 82.7 Å². The van der Waals surface area contributed by atoms with Gasteiger partial charge in [0, 0.05) is 5.56 Å². The third-order valence-electron chi connectivity index (χ3n) is 2.25. The summed E-state index contributed by atoms with van der Waals surface area (Å²) in [5, 5.41) is 3.85. The molecule has 0 saturated carbocycles. The molecule has 0 atom stereocenters. The molecule has 1 heterocycles. The van der Waals surface area contributed by atoms with Crippen molar-refractivity contribution >= 4 is 11.9 Å². The van der Waals surface area contributed by atoms with Crippen molar-refractivity contribution in [2.75, 3.05) is 11.5 Å². The van der Waals surface area contributed by atoms with Crippen LogP contribution < -0.4 is 11.5 Å². The average Bonchev–Trinajstić information content (AvgIpc) is 2.58. The molecular formula is C10H11F2N5. The number of alkyl halides is 2. The largest absolute Gasteiger partial charge is 0.368 e. The monoisotopic (exact) mass is 239 g/mol. The number of halogens is 2. The Bertz CT molecular complexity index is 523. The number of aromatic nitrogens is 3. The number of nitrogens with zero attached hydrogens (tertiary/aromatic N) is 3. The van der Waals surface area contributed by atoms with Crippen LogP contribution in [-0.4, -0.2) is 14.8 Å². The molecule has 2 aromatic rings. The van der Waals surface area contributed by atoms with Crippen molar-refractivity contribution in [1.29, 1.82) is 0 Å². The Morgan fingerprint density at radius 2 is 2.06 bits per heavy atom. The maximum absolute atomic E-state index is 12.5. The highest BCUT2D eigenvalue weighted by Crippen LogP contribution is 2.20. The SMILES string of the molecule is Nc1nc(N)n(Cc2cccc(C(F)F)c2)n1. The summed E-state index contributed by atoms with van der Waals surface area (Å²) in [6.45, 7) is 0.261. The van der Waals surface area contributed by atoms with E-state index in [0.29, 0.717) is 5.56 Å². The Balaban J connectivity index is 2.24. The predicted octanol–water partition coefficient (Wildman–Crippen LogP) is 1.43. The Hall–Kier alpha value is -2.18. The Kier molecular flexibility index (Phi) is 2.90. The molecule has 0 saturated heterocycles. The number of nitrogen functional groups attached to an aromatic ring is 2. The molecule has 5 nitrogen and oxygen atoms in total. The zero-order valence-corrected chi connectivity index (χ0v) is 8.85. The molecule has 90 valence electrons. The maximum atomic E-state index is 12.5. The van der Waals surface area contributed by atoms with Gasteiger partial charge in [0.15, 0.2) is 0 Å². The molecule has 7 heteroatoms. The molecule has 0 unspecified atom stereocenters. The first-order valence-corrected chi connectivity index (χ1v) is 4.89. The summed E-state index contributed by atoms with van der Waals surface area (Å²) in [6, 6.07) is 6.05. The van der Waals surface area contributed by atoms with Gasteiger partial charge in [-0.25, -0.2) is 13.5 Å². The van der Waals surface area contributed by atoms with E-state index in [9.17, 15) is 8.78 Å². The molecule has 0 fully saturated rings. The van der Waals surface area contributed by atoms with Crippen LogP contribution in [0.1, 0.15) is 17.6 Å². The first kappa shape index (κ1) is 11.3. The van der Waals surface area contributed by atoms with Gasteiger partial charge in [0.05, 0.1) is 6.54 Å². The lowest BCUT2D eigenvalue weighted by Gasteiger charge is -2.05. The molecule has 0 aliphatic heterocycles. The molecule has 0 amide bonds. The van der Waals surface area contributed by atoms with Gasteiger partial charge < -0.3 is 11.5 Å². The van der Waals surface area contributed by atoms with Gasteiger partial charge in [-0.15, -0.1) is 5.10 Å². The van der Waals surface area contributed by atoms with Crippen LogP contribution in [0.5, 0.6) is 0 Å². The van der Waals surface area contributed by atoms with Crippen LogP contribution >= 0.6 is 0 Å². The first-order chi connectivity index (χ1) is 8.06. The fourth-order valence-electron chi connectivity index (χ4n) is 1.49. The molecule has 0 bridgehead atoms. The molecule has 2 rings (SSSR count). The van der Waals surface area contributed by atoms with Crippen LogP contribution in [0.3, 0.4) is 0 Å². The smallest absolute Gasteiger partial charge is 0.263 e. The van der Waals surface area contributed by atoms with Crippen molar-refractivity contribution < 1.29 is 8.78 Å². The summed E-state index contributed by atoms with van der Waals surface area (Å²) >= 11 is 0. The van der Waals surface area contributed by atoms with Crippen LogP contribution in [-0.2, 0) is 6.54 Å². The number of nitrogens with two attached hydrogens (primary N) is 2. The van der Waals surface area contributed by atoms with Gasteiger partial charge in [-0.2, -0.15) is 4.98 Å². The Morgan fingerprint density at radius 3 is 2.65 bits per heavy atom. The number of hydrogen-bond donors (Lipinski definition) is 2. The van der Waals surface area contributed by atoms with Gasteiger partial charge in [0.25, 0.3) is 6.43 Å². The summed E-state index contributed by atoms with van der Waals surface area (Å²) in [5.74, 6) is 0.220. The van der Waals surface area contributed by atoms with Gasteiger partial charge in [-0.3, -0.25) is 0 Å². The van der Waals surface area contributed by atoms with Crippen LogP contribution in [0, 0.1) is 0 Å². The molecule has 0 radical (unpaired) electrons. The number of anilines is 2. The maximum Gasteiger partial charge on any atom is 0.263 e. The van der Waals surface area contributed by atoms with E-state index in [2.05, 4.69) is 10.1 Å². The Morgan fingerprint density at radius 1 is 1.29 bits per heavy atom. The van der Waals surface area contributed by atoms with E-state index in [0.717, 1.165) is 0 Å². The van der Waals surface area contributed by atoms with Crippen LogP contribution in [0.25, 0.3) is 0 Å². The molecule has 4 N–H and O–H groups in total. The quantitative estimate of drug-likeness (QED) is 0.848. The van der Waals surface area contributed by atoms with Crippen molar-refractivity contribution in [3.05, 3.63) is 35.4 Å². The Labute approximate surface area is 96.1 Å². The van der Waals surface area contributed by atoms with E-state index in [-0.39, 0.29) is 24.0 Å². The van der Waals surface area contributed by atoms with E-state index in [4.69, 9.17) is 11.5 Å². The third kappa shape index (κ3) is 2.49. The molecule has 0 aliphatic rings. The lowest BCUT2D eigenvalue weighted by Crippen LogP contribution is -2.06. The highest BCUT2D eigenvalue weighted by Gasteiger charge is 2.09. The number of hydrogen-bond acceptors (Lipinski definition) is 4. The lowest BCUT2D eigenvalue weighted by molar-refractivity contribution is 0.151. The van der Waals surface area contributed by atoms with Crippen molar-refractivity contribution in [2.24, 2.45) is 0 Å². The minimum absolute atomic E-state index is 0.0332. The first-order valence-electron chi connectivity index (χ1n) is 4.89. The zero-order chi connectivity index (χ0) is 12.4. The normalized spacial score (nSPS) is 11.0. The van der Waals surface area contributed by atoms with Crippen molar-refractivity contribution in [2.45, 2.75) is 13.0 Å². The molecule has 0 aliphatic carbocycles. The average molecular weight is 239 g/mol. The standard InChI is InChI=1S/C10H11F2N5/c11-8(12)7-3-1-2-6(4-7)5-17-10(14)15-9(13)16-17/h1-4,8H,5H2,(H4,13,14,15,16). The molecular weight excluding hydrogens is 228 g/mol. The van der Waals surface area contributed by atoms with E-state index < -0.39 is 6.43 Å². The van der Waals surface area contributed by atoms with Crippen LogP contribution in [0.2, 0.25) is 0 Å². The van der Waals surface area contributed by atoms with Gasteiger partial charge >= 0.3 is 0 Å². The minimum Gasteiger partial charge on any atom is -0.368 e. The zero-order valence-electron chi connectivity index (χ0n) is 8.85. The fourth-order valence-corrected chi connectivity index (χ4v) is 1.49. The van der Waals surface area contributed by atoms with Gasteiger partial charge in [-0.05, 0) is 11.6 Å². The fraction of sp³-hybridized carbons (Fsp3) is 0.200. The second-order valence-electron chi connectivity index (χ2n) is 3.53. The second kappa shape index (κ2) is 4.36. The van der Waals surface area contributed by atoms with E-state index >= 15 is 0 Å². The van der Waals surface area contributed by atoms with E-state index in [1.165, 1.54) is 16.8 Å². The van der Waals surface area contributed by atoms with Crippen LogP contribution in [0.4, 0.5) is 20.7 Å². The van der Waals surface area contributed by atoms with E-state index in [1.807, 2.05) is 0 Å². The molecule has 1 aromatic heterocycles. The van der Waals surface area contributed by atoms with Gasteiger partial charge in [0.1, 0.15) is 0 Å². The van der Waals surface area contributed by atoms with Crippen molar-refractivity contribution in [3.8, 4) is 0 Å². The summed E-state index contributed by atoms with van der Waals surface area (Å²) in [6.07, 6.45) is -2.49. The number of rotatable bonds is 3. The summed E-state index contributed by atoms with van der Waals surface area (Å²) in [4.78, 5) is 3.72. The lowest BCUT2D eigenvalue weighted by atomic mass is 10.1.